The zero-order valence-electron chi connectivity index (χ0n) is 10.5. The molecule has 3 rings (SSSR count). The van der Waals surface area contributed by atoms with Crippen molar-refractivity contribution in [3.63, 3.8) is 0 Å². The van der Waals surface area contributed by atoms with Gasteiger partial charge in [0.2, 0.25) is 0 Å². The Hall–Kier alpha value is -1.78. The zero-order valence-corrected chi connectivity index (χ0v) is 10.5. The molecule has 0 bridgehead atoms. The Kier molecular flexibility index (Phi) is 2.81. The molecule has 1 atom stereocenters. The van der Waals surface area contributed by atoms with Crippen molar-refractivity contribution in [2.24, 2.45) is 5.92 Å². The molecule has 5 heteroatoms. The van der Waals surface area contributed by atoms with Gasteiger partial charge in [0.05, 0.1) is 11.4 Å². The van der Waals surface area contributed by atoms with Crippen LogP contribution in [-0.2, 0) is 0 Å². The molecule has 0 spiro atoms. The number of nitrogens with zero attached hydrogens (tertiary/aromatic N) is 2. The Morgan fingerprint density at radius 3 is 2.78 bits per heavy atom. The normalized spacial score (nSPS) is 18.3. The molecule has 1 heterocycles. The Balaban J connectivity index is 1.86. The summed E-state index contributed by atoms with van der Waals surface area (Å²) < 4.78 is 4.77. The third kappa shape index (κ3) is 1.89. The number of rotatable bonds is 3. The molecular formula is C13H18N4O. The average Bonchev–Trinajstić information content (AvgIpc) is 3.01. The minimum absolute atomic E-state index is 0.441. The monoisotopic (exact) mass is 246 g/mol. The highest BCUT2D eigenvalue weighted by Crippen LogP contribution is 2.31. The van der Waals surface area contributed by atoms with Gasteiger partial charge in [-0.15, -0.1) is 0 Å². The summed E-state index contributed by atoms with van der Waals surface area (Å²) in [5.41, 5.74) is 8.75. The lowest BCUT2D eigenvalue weighted by Gasteiger charge is -2.21. The van der Waals surface area contributed by atoms with E-state index in [2.05, 4.69) is 22.6 Å². The molecule has 1 aliphatic rings. The number of nitrogens with two attached hydrogens (primary N) is 1. The summed E-state index contributed by atoms with van der Waals surface area (Å²) >= 11 is 0. The van der Waals surface area contributed by atoms with E-state index in [0.29, 0.717) is 17.2 Å². The maximum absolute atomic E-state index is 5.83. The van der Waals surface area contributed by atoms with Gasteiger partial charge in [0.25, 0.3) is 0 Å². The maximum atomic E-state index is 5.83. The second-order valence-electron chi connectivity index (χ2n) is 5.14. The van der Waals surface area contributed by atoms with E-state index in [1.807, 2.05) is 12.1 Å². The fourth-order valence-corrected chi connectivity index (χ4v) is 2.82. The van der Waals surface area contributed by atoms with Gasteiger partial charge < -0.3 is 11.1 Å². The highest BCUT2D eigenvalue weighted by molar-refractivity contribution is 5.95. The number of nitrogens with one attached hydrogen (secondary N) is 1. The summed E-state index contributed by atoms with van der Waals surface area (Å²) in [6.45, 7) is 2.23. The van der Waals surface area contributed by atoms with Crippen LogP contribution in [0, 0.1) is 5.92 Å². The summed E-state index contributed by atoms with van der Waals surface area (Å²) in [6, 6.07) is 4.24. The van der Waals surface area contributed by atoms with E-state index in [-0.39, 0.29) is 0 Å². The summed E-state index contributed by atoms with van der Waals surface area (Å²) in [4.78, 5) is 0. The third-order valence-electron chi connectivity index (χ3n) is 3.94. The molecule has 1 unspecified atom stereocenters. The van der Waals surface area contributed by atoms with Crippen LogP contribution >= 0.6 is 0 Å². The molecule has 96 valence electrons. The van der Waals surface area contributed by atoms with E-state index in [1.165, 1.54) is 25.7 Å². The van der Waals surface area contributed by atoms with Crippen LogP contribution < -0.4 is 11.1 Å². The Bertz CT molecular complexity index is 545. The molecule has 3 N–H and O–H groups in total. The minimum Gasteiger partial charge on any atom is -0.397 e. The van der Waals surface area contributed by atoms with Crippen LogP contribution in [0.4, 0.5) is 11.4 Å². The summed E-state index contributed by atoms with van der Waals surface area (Å²) in [5, 5.41) is 11.3. The quantitative estimate of drug-likeness (QED) is 0.814. The molecule has 0 aliphatic heterocycles. The van der Waals surface area contributed by atoms with Gasteiger partial charge in [-0.2, -0.15) is 0 Å². The fraction of sp³-hybridized carbons (Fsp3) is 0.538. The first kappa shape index (κ1) is 11.3. The first-order valence-electron chi connectivity index (χ1n) is 6.53. The maximum Gasteiger partial charge on any atom is 0.160 e. The van der Waals surface area contributed by atoms with E-state index in [9.17, 15) is 0 Å². The summed E-state index contributed by atoms with van der Waals surface area (Å²) in [6.07, 6.45) is 5.31. The average molecular weight is 246 g/mol. The van der Waals surface area contributed by atoms with Crippen molar-refractivity contribution < 1.29 is 4.63 Å². The molecule has 18 heavy (non-hydrogen) atoms. The summed E-state index contributed by atoms with van der Waals surface area (Å²) in [5.74, 6) is 0.748. The second-order valence-corrected chi connectivity index (χ2v) is 5.14. The van der Waals surface area contributed by atoms with Crippen LogP contribution in [0.3, 0.4) is 0 Å². The van der Waals surface area contributed by atoms with E-state index < -0.39 is 0 Å². The van der Waals surface area contributed by atoms with Gasteiger partial charge in [-0.1, -0.05) is 12.8 Å². The first-order valence-corrected chi connectivity index (χ1v) is 6.53. The van der Waals surface area contributed by atoms with Crippen molar-refractivity contribution in [2.45, 2.75) is 38.6 Å². The molecule has 1 aromatic heterocycles. The standard InChI is InChI=1S/C13H18N4O/c1-8(9-4-2-3-5-9)15-11-7-6-10(14)12-13(11)17-18-16-12/h6-9,15H,2-5,14H2,1H3. The number of anilines is 2. The van der Waals surface area contributed by atoms with Crippen molar-refractivity contribution >= 4 is 22.4 Å². The van der Waals surface area contributed by atoms with Gasteiger partial charge in [0.15, 0.2) is 11.0 Å². The molecule has 1 saturated carbocycles. The highest BCUT2D eigenvalue weighted by Gasteiger charge is 2.22. The van der Waals surface area contributed by atoms with Gasteiger partial charge in [0.1, 0.15) is 0 Å². The Labute approximate surface area is 106 Å². The minimum atomic E-state index is 0.441. The van der Waals surface area contributed by atoms with Gasteiger partial charge in [0, 0.05) is 6.04 Å². The van der Waals surface area contributed by atoms with Crippen molar-refractivity contribution in [2.75, 3.05) is 11.1 Å². The lowest BCUT2D eigenvalue weighted by atomic mass is 9.99. The molecule has 2 aromatic rings. The lowest BCUT2D eigenvalue weighted by molar-refractivity contribution is 0.315. The molecule has 0 amide bonds. The van der Waals surface area contributed by atoms with Crippen molar-refractivity contribution in [1.29, 1.82) is 0 Å². The number of nitrogen functional groups attached to an aromatic ring is 1. The van der Waals surface area contributed by atoms with Crippen LogP contribution in [0.5, 0.6) is 0 Å². The molecule has 1 fully saturated rings. The lowest BCUT2D eigenvalue weighted by Crippen LogP contribution is -2.23. The van der Waals surface area contributed by atoms with Crippen molar-refractivity contribution in [3.8, 4) is 0 Å². The predicted octanol–water partition coefficient (Wildman–Crippen LogP) is 2.80. The highest BCUT2D eigenvalue weighted by atomic mass is 16.6. The second kappa shape index (κ2) is 4.48. The molecule has 5 nitrogen and oxygen atoms in total. The number of aromatic nitrogens is 2. The number of benzene rings is 1. The predicted molar refractivity (Wildman–Crippen MR) is 71.3 cm³/mol. The van der Waals surface area contributed by atoms with Gasteiger partial charge >= 0.3 is 0 Å². The molecule has 0 saturated heterocycles. The SMILES string of the molecule is CC(Nc1ccc(N)c2nonc12)C1CCCC1. The molecule has 0 radical (unpaired) electrons. The van der Waals surface area contributed by atoms with Crippen molar-refractivity contribution in [3.05, 3.63) is 12.1 Å². The van der Waals surface area contributed by atoms with E-state index >= 15 is 0 Å². The molecule has 1 aliphatic carbocycles. The fourth-order valence-electron chi connectivity index (χ4n) is 2.82. The van der Waals surface area contributed by atoms with E-state index in [4.69, 9.17) is 10.4 Å². The number of hydrogen-bond acceptors (Lipinski definition) is 5. The smallest absolute Gasteiger partial charge is 0.160 e. The topological polar surface area (TPSA) is 77.0 Å². The first-order chi connectivity index (χ1) is 8.75. The molecule has 1 aromatic carbocycles. The van der Waals surface area contributed by atoms with Gasteiger partial charge in [-0.3, -0.25) is 0 Å². The van der Waals surface area contributed by atoms with Crippen molar-refractivity contribution in [1.82, 2.24) is 10.3 Å². The largest absolute Gasteiger partial charge is 0.397 e. The summed E-state index contributed by atoms with van der Waals surface area (Å²) in [7, 11) is 0. The Morgan fingerprint density at radius 1 is 1.28 bits per heavy atom. The van der Waals surface area contributed by atoms with Gasteiger partial charge in [-0.05, 0) is 48.1 Å². The van der Waals surface area contributed by atoms with E-state index in [0.717, 1.165) is 17.1 Å². The van der Waals surface area contributed by atoms with Crippen LogP contribution in [0.15, 0.2) is 16.8 Å². The van der Waals surface area contributed by atoms with E-state index in [1.54, 1.807) is 0 Å². The van der Waals surface area contributed by atoms with Crippen LogP contribution in [0.1, 0.15) is 32.6 Å². The Morgan fingerprint density at radius 2 is 2.00 bits per heavy atom. The van der Waals surface area contributed by atoms with Crippen LogP contribution in [0.2, 0.25) is 0 Å². The van der Waals surface area contributed by atoms with Gasteiger partial charge in [-0.25, -0.2) is 4.63 Å². The van der Waals surface area contributed by atoms with Crippen LogP contribution in [-0.4, -0.2) is 16.4 Å². The number of hydrogen-bond donors (Lipinski definition) is 2. The zero-order chi connectivity index (χ0) is 12.5. The molecular weight excluding hydrogens is 228 g/mol. The third-order valence-corrected chi connectivity index (χ3v) is 3.94. The van der Waals surface area contributed by atoms with Crippen LogP contribution in [0.25, 0.3) is 11.0 Å². The number of fused-ring (bicyclic) bond motifs is 1.